The number of unbranched alkanes of at least 4 members (excludes halogenated alkanes) is 48. The highest BCUT2D eigenvalue weighted by Crippen LogP contribution is 2.43. The van der Waals surface area contributed by atoms with Gasteiger partial charge in [0.25, 0.3) is 0 Å². The van der Waals surface area contributed by atoms with Crippen molar-refractivity contribution in [1.29, 1.82) is 0 Å². The number of phosphoric ester groups is 1. The van der Waals surface area contributed by atoms with Crippen LogP contribution in [-0.4, -0.2) is 49.3 Å². The fourth-order valence-corrected chi connectivity index (χ4v) is 12.2. The van der Waals surface area contributed by atoms with E-state index in [-0.39, 0.29) is 38.6 Å². The van der Waals surface area contributed by atoms with Gasteiger partial charge in [0.05, 0.1) is 13.2 Å². The van der Waals surface area contributed by atoms with Gasteiger partial charge in [-0.3, -0.25) is 18.6 Å². The largest absolute Gasteiger partial charge is 0.472 e. The zero-order valence-electron chi connectivity index (χ0n) is 58.7. The van der Waals surface area contributed by atoms with Gasteiger partial charge >= 0.3 is 19.8 Å². The molecule has 3 N–H and O–H groups in total. The lowest BCUT2D eigenvalue weighted by Gasteiger charge is -2.19. The summed E-state index contributed by atoms with van der Waals surface area (Å²) < 4.78 is 33.2. The molecule has 0 saturated carbocycles. The fourth-order valence-electron chi connectivity index (χ4n) is 11.4. The number of phosphoric acid groups is 1. The Morgan fingerprint density at radius 1 is 0.348 bits per heavy atom. The van der Waals surface area contributed by atoms with Crippen molar-refractivity contribution in [2.24, 2.45) is 5.73 Å². The van der Waals surface area contributed by atoms with Gasteiger partial charge in [-0.15, -0.1) is 0 Å². The Hall–Kier alpha value is -2.55. The monoisotopic (exact) mass is 1270 g/mol. The Morgan fingerprint density at radius 2 is 0.618 bits per heavy atom. The predicted molar refractivity (Wildman–Crippen MR) is 386 cm³/mol. The summed E-state index contributed by atoms with van der Waals surface area (Å²) in [5.74, 6) is -0.812. The number of carbonyl (C=O) groups is 2. The Labute approximate surface area is 552 Å². The maximum Gasteiger partial charge on any atom is 0.472 e. The summed E-state index contributed by atoms with van der Waals surface area (Å²) in [6.45, 7) is 3.69. The second-order valence-corrected chi connectivity index (χ2v) is 27.3. The van der Waals surface area contributed by atoms with E-state index in [0.717, 1.165) is 70.6 Å². The zero-order chi connectivity index (χ0) is 64.4. The molecule has 0 fully saturated rings. The predicted octanol–water partition coefficient (Wildman–Crippen LogP) is 25.5. The quantitative estimate of drug-likeness (QED) is 0.0264. The summed E-state index contributed by atoms with van der Waals surface area (Å²) in [6, 6.07) is 0. The van der Waals surface area contributed by atoms with E-state index < -0.39 is 26.5 Å². The first-order valence-corrected chi connectivity index (χ1v) is 39.9. The summed E-state index contributed by atoms with van der Waals surface area (Å²) >= 11 is 0. The van der Waals surface area contributed by atoms with E-state index >= 15 is 0 Å². The van der Waals surface area contributed by atoms with Crippen molar-refractivity contribution >= 4 is 19.8 Å². The lowest BCUT2D eigenvalue weighted by atomic mass is 10.0. The second-order valence-electron chi connectivity index (χ2n) is 25.8. The lowest BCUT2D eigenvalue weighted by molar-refractivity contribution is -0.161. The van der Waals surface area contributed by atoms with E-state index in [0.29, 0.717) is 6.42 Å². The molecule has 2 atom stereocenters. The molecule has 0 heterocycles. The Morgan fingerprint density at radius 3 is 0.933 bits per heavy atom. The molecule has 10 heteroatoms. The number of nitrogens with two attached hydrogens (primary N) is 1. The molecule has 0 aromatic carbocycles. The minimum Gasteiger partial charge on any atom is -0.462 e. The number of ether oxygens (including phenoxy) is 2. The molecule has 0 rings (SSSR count). The number of allylic oxidation sites excluding steroid dienone is 12. The van der Waals surface area contributed by atoms with Crippen LogP contribution >= 0.6 is 7.82 Å². The average molecular weight is 1270 g/mol. The summed E-state index contributed by atoms with van der Waals surface area (Å²) in [6.07, 6.45) is 98.9. The van der Waals surface area contributed by atoms with E-state index in [1.165, 1.54) is 283 Å². The van der Waals surface area contributed by atoms with Crippen LogP contribution in [0.15, 0.2) is 72.9 Å². The van der Waals surface area contributed by atoms with Crippen LogP contribution in [0, 0.1) is 0 Å². The van der Waals surface area contributed by atoms with Crippen molar-refractivity contribution in [3.63, 3.8) is 0 Å². The van der Waals surface area contributed by atoms with Crippen LogP contribution in [0.5, 0.6) is 0 Å². The van der Waals surface area contributed by atoms with E-state index in [1.54, 1.807) is 0 Å². The van der Waals surface area contributed by atoms with Crippen LogP contribution in [0.2, 0.25) is 0 Å². The highest BCUT2D eigenvalue weighted by Gasteiger charge is 2.26. The molecular weight excluding hydrogens is 1120 g/mol. The maximum absolute atomic E-state index is 12.8. The molecule has 0 bridgehead atoms. The molecule has 0 aliphatic rings. The standard InChI is InChI=1S/C79H146NO8P/c1-3-5-7-9-11-13-15-17-19-21-23-25-27-29-31-33-34-35-36-37-38-39-40-41-42-44-45-47-49-51-53-55-57-59-61-63-65-67-69-71-78(81)85-75-77(76-87-89(83,84)86-74-73-80)88-79(82)72-70-68-66-64-62-60-58-56-54-52-50-48-46-43-32-30-28-26-24-22-20-18-16-14-12-10-8-6-4-2/h6,8,12,14,18,20-21,23-24,26,30,32,77H,3-5,7,9-11,13,15-17,19,22,25,27-29,31,33-76,80H2,1-2H3,(H,83,84)/b8-6-,14-12-,20-18-,23-21-,26-24-,32-30-. The van der Waals surface area contributed by atoms with Crippen LogP contribution in [-0.2, 0) is 32.7 Å². The number of carbonyl (C=O) groups excluding carboxylic acids is 2. The molecule has 2 unspecified atom stereocenters. The molecule has 0 radical (unpaired) electrons. The Bertz CT molecular complexity index is 1690. The van der Waals surface area contributed by atoms with Gasteiger partial charge in [-0.1, -0.05) is 363 Å². The molecule has 9 nitrogen and oxygen atoms in total. The van der Waals surface area contributed by atoms with Crippen molar-refractivity contribution in [3.05, 3.63) is 72.9 Å². The molecule has 0 spiro atoms. The molecule has 0 aromatic heterocycles. The van der Waals surface area contributed by atoms with Crippen molar-refractivity contribution in [2.75, 3.05) is 26.4 Å². The molecule has 0 aromatic rings. The SMILES string of the molecule is CC/C=C\C/C=C\C/C=C\C/C=C\C/C=C\CCCCCCCCCCCCCCCC(=O)OC(COC(=O)CCCCCCCCCCCCCCCCCCCCCCCCCCCCC/C=C\CCCCCCCCCC)COP(=O)(O)OCCN. The Balaban J connectivity index is 3.77. The topological polar surface area (TPSA) is 134 Å². The third-order valence-electron chi connectivity index (χ3n) is 17.1. The number of hydrogen-bond donors (Lipinski definition) is 2. The lowest BCUT2D eigenvalue weighted by Crippen LogP contribution is -2.29. The van der Waals surface area contributed by atoms with Crippen molar-refractivity contribution in [2.45, 2.75) is 392 Å². The van der Waals surface area contributed by atoms with Gasteiger partial charge in [-0.05, 0) is 83.5 Å². The van der Waals surface area contributed by atoms with Crippen LogP contribution in [0.3, 0.4) is 0 Å². The zero-order valence-corrected chi connectivity index (χ0v) is 59.6. The van der Waals surface area contributed by atoms with Gasteiger partial charge in [0.15, 0.2) is 6.10 Å². The fraction of sp³-hybridized carbons (Fsp3) is 0.823. The number of hydrogen-bond acceptors (Lipinski definition) is 8. The maximum atomic E-state index is 12.8. The van der Waals surface area contributed by atoms with Crippen molar-refractivity contribution < 1.29 is 37.6 Å². The van der Waals surface area contributed by atoms with Crippen molar-refractivity contribution in [1.82, 2.24) is 0 Å². The van der Waals surface area contributed by atoms with Gasteiger partial charge in [-0.25, -0.2) is 4.57 Å². The molecule has 0 saturated heterocycles. The molecular formula is C79H146NO8P. The first kappa shape index (κ1) is 86.5. The van der Waals surface area contributed by atoms with E-state index in [4.69, 9.17) is 24.3 Å². The smallest absolute Gasteiger partial charge is 0.462 e. The third-order valence-corrected chi connectivity index (χ3v) is 18.1. The third kappa shape index (κ3) is 74.4. The first-order valence-electron chi connectivity index (χ1n) is 38.4. The summed E-state index contributed by atoms with van der Waals surface area (Å²) in [5.41, 5.74) is 5.41. The van der Waals surface area contributed by atoms with Gasteiger partial charge in [0.1, 0.15) is 6.61 Å². The van der Waals surface area contributed by atoms with Gasteiger partial charge in [-0.2, -0.15) is 0 Å². The van der Waals surface area contributed by atoms with Crippen LogP contribution < -0.4 is 5.73 Å². The number of rotatable bonds is 73. The van der Waals surface area contributed by atoms with Gasteiger partial charge in [0.2, 0.25) is 0 Å². The average Bonchev–Trinajstić information content (AvgIpc) is 3.68. The minimum atomic E-state index is -4.40. The second kappa shape index (κ2) is 74.5. The summed E-state index contributed by atoms with van der Waals surface area (Å²) in [4.78, 5) is 35.4. The molecule has 89 heavy (non-hydrogen) atoms. The number of esters is 2. The van der Waals surface area contributed by atoms with Gasteiger partial charge < -0.3 is 20.1 Å². The molecule has 0 aliphatic carbocycles. The summed E-state index contributed by atoms with van der Waals surface area (Å²) in [7, 11) is -4.40. The minimum absolute atomic E-state index is 0.0530. The highest BCUT2D eigenvalue weighted by atomic mass is 31.2. The summed E-state index contributed by atoms with van der Waals surface area (Å²) in [5, 5.41) is 0. The molecule has 520 valence electrons. The van der Waals surface area contributed by atoms with E-state index in [9.17, 15) is 19.0 Å². The van der Waals surface area contributed by atoms with Crippen molar-refractivity contribution in [3.8, 4) is 0 Å². The van der Waals surface area contributed by atoms with E-state index in [1.807, 2.05) is 0 Å². The van der Waals surface area contributed by atoms with E-state index in [2.05, 4.69) is 86.8 Å². The van der Waals surface area contributed by atoms with Crippen LogP contribution in [0.4, 0.5) is 0 Å². The Kier molecular flexibility index (Phi) is 72.4. The normalized spacial score (nSPS) is 13.3. The van der Waals surface area contributed by atoms with Gasteiger partial charge in [0, 0.05) is 19.4 Å². The molecule has 0 aliphatic heterocycles. The first-order chi connectivity index (χ1) is 43.8. The van der Waals surface area contributed by atoms with Crippen LogP contribution in [0.1, 0.15) is 386 Å². The molecule has 0 amide bonds. The van der Waals surface area contributed by atoms with Crippen LogP contribution in [0.25, 0.3) is 0 Å². The highest BCUT2D eigenvalue weighted by molar-refractivity contribution is 7.47.